The van der Waals surface area contributed by atoms with Crippen LogP contribution in [0, 0.1) is 22.1 Å². The van der Waals surface area contributed by atoms with Crippen molar-refractivity contribution in [1.82, 2.24) is 0 Å². The van der Waals surface area contributed by atoms with Crippen LogP contribution in [0.5, 0.6) is 0 Å². The summed E-state index contributed by atoms with van der Waals surface area (Å²) in [6, 6.07) is 7.24. The standard InChI is InChI=1S/C14H10ClF2IO/c1-7-3-2-4-8(13(7)18)14(19)9-5-11(16)12(17)6-10(9)15/h2-6,14,19H,1H3. The topological polar surface area (TPSA) is 20.2 Å². The maximum Gasteiger partial charge on any atom is 0.160 e. The Morgan fingerprint density at radius 3 is 2.47 bits per heavy atom. The van der Waals surface area contributed by atoms with Crippen LogP contribution >= 0.6 is 34.2 Å². The number of rotatable bonds is 2. The number of benzene rings is 2. The van der Waals surface area contributed by atoms with E-state index in [0.29, 0.717) is 5.56 Å². The highest BCUT2D eigenvalue weighted by molar-refractivity contribution is 14.1. The maximum absolute atomic E-state index is 13.3. The van der Waals surface area contributed by atoms with E-state index >= 15 is 0 Å². The van der Waals surface area contributed by atoms with Crippen molar-refractivity contribution in [2.45, 2.75) is 13.0 Å². The Hall–Kier alpha value is -0.720. The molecule has 2 aromatic rings. The summed E-state index contributed by atoms with van der Waals surface area (Å²) >= 11 is 7.97. The van der Waals surface area contributed by atoms with Crippen LogP contribution in [0.1, 0.15) is 22.8 Å². The largest absolute Gasteiger partial charge is 0.384 e. The van der Waals surface area contributed by atoms with E-state index in [1.165, 1.54) is 0 Å². The fraction of sp³-hybridized carbons (Fsp3) is 0.143. The molecule has 2 aromatic carbocycles. The van der Waals surface area contributed by atoms with E-state index in [4.69, 9.17) is 11.6 Å². The number of hydrogen-bond donors (Lipinski definition) is 1. The van der Waals surface area contributed by atoms with Crippen LogP contribution in [-0.4, -0.2) is 5.11 Å². The SMILES string of the molecule is Cc1cccc(C(O)c2cc(F)c(F)cc2Cl)c1I. The third kappa shape index (κ3) is 2.90. The zero-order valence-corrected chi connectivity index (χ0v) is 12.8. The molecule has 5 heteroatoms. The molecule has 0 aliphatic heterocycles. The van der Waals surface area contributed by atoms with Gasteiger partial charge in [-0.25, -0.2) is 8.78 Å². The first kappa shape index (κ1) is 14.7. The highest BCUT2D eigenvalue weighted by Gasteiger charge is 2.19. The third-order valence-electron chi connectivity index (χ3n) is 2.85. The Morgan fingerprint density at radius 2 is 1.79 bits per heavy atom. The van der Waals surface area contributed by atoms with Gasteiger partial charge in [0.2, 0.25) is 0 Å². The van der Waals surface area contributed by atoms with Gasteiger partial charge in [-0.3, -0.25) is 0 Å². The quantitative estimate of drug-likeness (QED) is 0.582. The number of aliphatic hydroxyl groups excluding tert-OH is 1. The summed E-state index contributed by atoms with van der Waals surface area (Å²) in [4.78, 5) is 0. The first-order chi connectivity index (χ1) is 8.91. The Kier molecular flexibility index (Phi) is 4.43. The Morgan fingerprint density at radius 1 is 1.16 bits per heavy atom. The molecular formula is C14H10ClF2IO. The maximum atomic E-state index is 13.3. The molecule has 1 unspecified atom stereocenters. The molecule has 1 atom stereocenters. The van der Waals surface area contributed by atoms with Gasteiger partial charge in [0.05, 0.1) is 0 Å². The number of aliphatic hydroxyl groups is 1. The van der Waals surface area contributed by atoms with E-state index in [0.717, 1.165) is 21.3 Å². The molecule has 19 heavy (non-hydrogen) atoms. The van der Waals surface area contributed by atoms with Crippen LogP contribution in [0.25, 0.3) is 0 Å². The van der Waals surface area contributed by atoms with Gasteiger partial charge in [-0.15, -0.1) is 0 Å². The van der Waals surface area contributed by atoms with Crippen LogP contribution < -0.4 is 0 Å². The van der Waals surface area contributed by atoms with Crippen LogP contribution in [-0.2, 0) is 0 Å². The van der Waals surface area contributed by atoms with Crippen molar-refractivity contribution in [3.05, 3.63) is 67.2 Å². The molecule has 1 N–H and O–H groups in total. The third-order valence-corrected chi connectivity index (χ3v) is 4.65. The summed E-state index contributed by atoms with van der Waals surface area (Å²) in [5, 5.41) is 10.3. The minimum absolute atomic E-state index is 0.00343. The molecule has 100 valence electrons. The molecule has 0 radical (unpaired) electrons. The van der Waals surface area contributed by atoms with Gasteiger partial charge in [0.15, 0.2) is 11.6 Å². The average molecular weight is 395 g/mol. The lowest BCUT2D eigenvalue weighted by Gasteiger charge is -2.16. The Balaban J connectivity index is 2.53. The van der Waals surface area contributed by atoms with Crippen LogP contribution in [0.2, 0.25) is 5.02 Å². The summed E-state index contributed by atoms with van der Waals surface area (Å²) in [6.45, 7) is 1.91. The second kappa shape index (κ2) is 5.73. The zero-order chi connectivity index (χ0) is 14.2. The monoisotopic (exact) mass is 394 g/mol. The first-order valence-corrected chi connectivity index (χ1v) is 6.95. The van der Waals surface area contributed by atoms with Crippen LogP contribution in [0.3, 0.4) is 0 Å². The van der Waals surface area contributed by atoms with Crippen molar-refractivity contribution in [2.24, 2.45) is 0 Å². The molecule has 1 nitrogen and oxygen atoms in total. The summed E-state index contributed by atoms with van der Waals surface area (Å²) < 4.78 is 27.2. The minimum atomic E-state index is -1.09. The number of halogens is 4. The molecule has 0 saturated carbocycles. The highest BCUT2D eigenvalue weighted by Crippen LogP contribution is 2.33. The van der Waals surface area contributed by atoms with Crippen molar-refractivity contribution in [3.8, 4) is 0 Å². The van der Waals surface area contributed by atoms with Gasteiger partial charge in [-0.1, -0.05) is 29.8 Å². The molecule has 0 bridgehead atoms. The van der Waals surface area contributed by atoms with Crippen molar-refractivity contribution < 1.29 is 13.9 Å². The molecule has 0 aliphatic carbocycles. The number of aryl methyl sites for hydroxylation is 1. The lowest BCUT2D eigenvalue weighted by molar-refractivity contribution is 0.218. The highest BCUT2D eigenvalue weighted by atomic mass is 127. The predicted octanol–water partition coefficient (Wildman–Crippen LogP) is 4.61. The molecule has 2 rings (SSSR count). The fourth-order valence-corrected chi connectivity index (χ4v) is 2.70. The van der Waals surface area contributed by atoms with Gasteiger partial charge in [0.25, 0.3) is 0 Å². The second-order valence-electron chi connectivity index (χ2n) is 4.17. The van der Waals surface area contributed by atoms with E-state index in [1.807, 2.05) is 13.0 Å². The summed E-state index contributed by atoms with van der Waals surface area (Å²) in [7, 11) is 0. The minimum Gasteiger partial charge on any atom is -0.384 e. The summed E-state index contributed by atoms with van der Waals surface area (Å²) in [5.74, 6) is -2.05. The lowest BCUT2D eigenvalue weighted by atomic mass is 10.00. The van der Waals surface area contributed by atoms with E-state index < -0.39 is 17.7 Å². The van der Waals surface area contributed by atoms with Gasteiger partial charge in [-0.2, -0.15) is 0 Å². The molecule has 0 spiro atoms. The smallest absolute Gasteiger partial charge is 0.160 e. The normalized spacial score (nSPS) is 12.5. The molecule has 0 amide bonds. The first-order valence-electron chi connectivity index (χ1n) is 5.49. The van der Waals surface area contributed by atoms with Gasteiger partial charge in [0.1, 0.15) is 6.10 Å². The Bertz CT molecular complexity index is 631. The van der Waals surface area contributed by atoms with E-state index in [-0.39, 0.29) is 10.6 Å². The molecule has 0 saturated heterocycles. The summed E-state index contributed by atoms with van der Waals surface area (Å²) in [6.07, 6.45) is -1.09. The van der Waals surface area contributed by atoms with Crippen molar-refractivity contribution >= 4 is 34.2 Å². The number of hydrogen-bond acceptors (Lipinski definition) is 1. The fourth-order valence-electron chi connectivity index (χ4n) is 1.80. The molecule has 0 fully saturated rings. The predicted molar refractivity (Wildman–Crippen MR) is 79.3 cm³/mol. The van der Waals surface area contributed by atoms with Gasteiger partial charge in [0, 0.05) is 14.2 Å². The van der Waals surface area contributed by atoms with Gasteiger partial charge < -0.3 is 5.11 Å². The van der Waals surface area contributed by atoms with Crippen molar-refractivity contribution in [2.75, 3.05) is 0 Å². The Labute approximate surface area is 128 Å². The van der Waals surface area contributed by atoms with Crippen LogP contribution in [0.4, 0.5) is 8.78 Å². The van der Waals surface area contributed by atoms with E-state index in [2.05, 4.69) is 22.6 Å². The van der Waals surface area contributed by atoms with Crippen molar-refractivity contribution in [1.29, 1.82) is 0 Å². The average Bonchev–Trinajstić information content (AvgIpc) is 2.36. The molecule has 0 aromatic heterocycles. The van der Waals surface area contributed by atoms with Crippen LogP contribution in [0.15, 0.2) is 30.3 Å². The molecular weight excluding hydrogens is 385 g/mol. The van der Waals surface area contributed by atoms with Gasteiger partial charge in [-0.05, 0) is 52.8 Å². The molecule has 0 heterocycles. The molecule has 0 aliphatic rings. The summed E-state index contributed by atoms with van der Waals surface area (Å²) in [5.41, 5.74) is 1.77. The van der Waals surface area contributed by atoms with Gasteiger partial charge >= 0.3 is 0 Å². The van der Waals surface area contributed by atoms with Crippen molar-refractivity contribution in [3.63, 3.8) is 0 Å². The van der Waals surface area contributed by atoms with E-state index in [1.54, 1.807) is 12.1 Å². The lowest BCUT2D eigenvalue weighted by Crippen LogP contribution is -2.05. The second-order valence-corrected chi connectivity index (χ2v) is 5.65. The van der Waals surface area contributed by atoms with E-state index in [9.17, 15) is 13.9 Å². The zero-order valence-electron chi connectivity index (χ0n) is 9.92.